The lowest BCUT2D eigenvalue weighted by molar-refractivity contribution is -0.286. The van der Waals surface area contributed by atoms with Crippen LogP contribution in [0.25, 0.3) is 0 Å². The number of rotatable bonds is 1. The number of methoxy groups -OCH3 is 1. The predicted octanol–water partition coefficient (Wildman–Crippen LogP) is 4.96. The van der Waals surface area contributed by atoms with Crippen LogP contribution in [-0.2, 0) is 0 Å². The zero-order valence-corrected chi connectivity index (χ0v) is 12.0. The van der Waals surface area contributed by atoms with E-state index in [1.807, 2.05) is 24.3 Å². The van der Waals surface area contributed by atoms with Gasteiger partial charge in [-0.1, -0.05) is 31.2 Å². The van der Waals surface area contributed by atoms with Crippen molar-refractivity contribution in [2.75, 3.05) is 7.11 Å². The second-order valence-electron chi connectivity index (χ2n) is 4.63. The lowest BCUT2D eigenvalue weighted by atomic mass is 10.2. The summed E-state index contributed by atoms with van der Waals surface area (Å²) < 4.78 is 38.2. The van der Waals surface area contributed by atoms with Gasteiger partial charge < -0.3 is 14.2 Å². The molecule has 1 aliphatic heterocycles. The first-order chi connectivity index (χ1) is 9.89. The Hall–Kier alpha value is -2.30. The van der Waals surface area contributed by atoms with Gasteiger partial charge in [0.05, 0.1) is 7.11 Å². The molecule has 1 heterocycles. The predicted molar refractivity (Wildman–Crippen MR) is 81.8 cm³/mol. The van der Waals surface area contributed by atoms with E-state index in [0.29, 0.717) is 0 Å². The average Bonchev–Trinajstić information content (AvgIpc) is 2.73. The van der Waals surface area contributed by atoms with Crippen LogP contribution in [0.5, 0.6) is 17.2 Å². The monoisotopic (exact) mass is 310 g/mol. The highest BCUT2D eigenvalue weighted by Gasteiger charge is 2.43. The lowest BCUT2D eigenvalue weighted by Crippen LogP contribution is -2.25. The molecule has 0 saturated carbocycles. The largest absolute Gasteiger partial charge is 0.586 e. The number of hydrogen-bond donors (Lipinski definition) is 0. The van der Waals surface area contributed by atoms with Crippen molar-refractivity contribution in [3.8, 4) is 17.2 Å². The first-order valence-corrected chi connectivity index (χ1v) is 6.37. The van der Waals surface area contributed by atoms with Crippen LogP contribution < -0.4 is 14.2 Å². The zero-order valence-electron chi connectivity index (χ0n) is 12.0. The van der Waals surface area contributed by atoms with Crippen LogP contribution in [0.4, 0.5) is 8.78 Å². The first kappa shape index (κ1) is 17.8. The number of alkyl halides is 2. The van der Waals surface area contributed by atoms with Crippen molar-refractivity contribution in [2.45, 2.75) is 27.6 Å². The highest BCUT2D eigenvalue weighted by atomic mass is 19.3. The molecular formula is C17H20F2O3. The van der Waals surface area contributed by atoms with Crippen LogP contribution in [-0.4, -0.2) is 13.4 Å². The Morgan fingerprint density at radius 3 is 2.00 bits per heavy atom. The topological polar surface area (TPSA) is 27.7 Å². The van der Waals surface area contributed by atoms with E-state index in [-0.39, 0.29) is 18.9 Å². The van der Waals surface area contributed by atoms with Crippen LogP contribution in [0.1, 0.15) is 18.6 Å². The highest BCUT2D eigenvalue weighted by molar-refractivity contribution is 5.44. The minimum absolute atomic E-state index is 0. The third-order valence-electron chi connectivity index (χ3n) is 2.81. The smallest absolute Gasteiger partial charge is 0.497 e. The molecule has 2 aromatic carbocycles. The fraction of sp³-hybridized carbons (Fsp3) is 0.294. The number of benzene rings is 2. The van der Waals surface area contributed by atoms with Crippen LogP contribution >= 0.6 is 0 Å². The fourth-order valence-corrected chi connectivity index (χ4v) is 1.73. The normalized spacial score (nSPS) is 13.5. The van der Waals surface area contributed by atoms with Gasteiger partial charge >= 0.3 is 6.29 Å². The van der Waals surface area contributed by atoms with Crippen molar-refractivity contribution in [2.24, 2.45) is 0 Å². The minimum Gasteiger partial charge on any atom is -0.497 e. The molecule has 120 valence electrons. The number of hydrogen-bond acceptors (Lipinski definition) is 3. The molecule has 0 saturated heterocycles. The van der Waals surface area contributed by atoms with E-state index in [4.69, 9.17) is 4.74 Å². The Labute approximate surface area is 129 Å². The van der Waals surface area contributed by atoms with Gasteiger partial charge in [-0.2, -0.15) is 0 Å². The summed E-state index contributed by atoms with van der Waals surface area (Å²) in [6, 6.07) is 12.6. The molecule has 3 rings (SSSR count). The second-order valence-corrected chi connectivity index (χ2v) is 4.63. The second kappa shape index (κ2) is 7.11. The highest BCUT2D eigenvalue weighted by Crippen LogP contribution is 2.40. The molecule has 22 heavy (non-hydrogen) atoms. The van der Waals surface area contributed by atoms with Gasteiger partial charge in [0, 0.05) is 0 Å². The molecule has 0 aromatic heterocycles. The van der Waals surface area contributed by atoms with Gasteiger partial charge in [-0.3, -0.25) is 0 Å². The summed E-state index contributed by atoms with van der Waals surface area (Å²) in [5, 5.41) is 0. The van der Waals surface area contributed by atoms with Crippen molar-refractivity contribution >= 4 is 0 Å². The number of fused-ring (bicyclic) bond motifs is 1. The Balaban J connectivity index is 0.000000219. The van der Waals surface area contributed by atoms with Gasteiger partial charge in [-0.05, 0) is 43.7 Å². The molecule has 0 N–H and O–H groups in total. The Morgan fingerprint density at radius 1 is 0.864 bits per heavy atom. The van der Waals surface area contributed by atoms with Gasteiger partial charge in [0.15, 0.2) is 11.5 Å². The molecule has 3 nitrogen and oxygen atoms in total. The lowest BCUT2D eigenvalue weighted by Gasteiger charge is -2.04. The molecule has 5 heteroatoms. The van der Waals surface area contributed by atoms with Gasteiger partial charge in [0.25, 0.3) is 0 Å². The minimum atomic E-state index is -3.50. The van der Waals surface area contributed by atoms with Crippen LogP contribution in [0.2, 0.25) is 0 Å². The molecule has 2 aromatic rings. The van der Waals surface area contributed by atoms with Crippen molar-refractivity contribution in [1.29, 1.82) is 0 Å². The molecule has 0 aliphatic carbocycles. The Kier molecular flexibility index (Phi) is 5.74. The molecule has 0 spiro atoms. The Bertz CT molecular complexity index is 610. The number of halogens is 2. The molecule has 0 fully saturated rings. The third kappa shape index (κ3) is 4.62. The first-order valence-electron chi connectivity index (χ1n) is 6.37. The average molecular weight is 310 g/mol. The van der Waals surface area contributed by atoms with Crippen LogP contribution in [0.15, 0.2) is 42.5 Å². The van der Waals surface area contributed by atoms with E-state index in [1.165, 1.54) is 17.7 Å². The van der Waals surface area contributed by atoms with E-state index in [0.717, 1.165) is 11.3 Å². The number of ether oxygens (including phenoxy) is 3. The van der Waals surface area contributed by atoms with Gasteiger partial charge in [0.1, 0.15) is 5.75 Å². The van der Waals surface area contributed by atoms with Crippen molar-refractivity contribution in [3.05, 3.63) is 53.6 Å². The maximum absolute atomic E-state index is 12.4. The van der Waals surface area contributed by atoms with Crippen LogP contribution in [0.3, 0.4) is 0 Å². The van der Waals surface area contributed by atoms with Gasteiger partial charge in [0.2, 0.25) is 0 Å². The van der Waals surface area contributed by atoms with Crippen molar-refractivity contribution in [1.82, 2.24) is 0 Å². The van der Waals surface area contributed by atoms with E-state index in [1.54, 1.807) is 20.1 Å². The van der Waals surface area contributed by atoms with E-state index < -0.39 is 6.29 Å². The van der Waals surface area contributed by atoms with E-state index >= 15 is 0 Å². The third-order valence-corrected chi connectivity index (χ3v) is 2.81. The molecule has 0 atom stereocenters. The molecule has 0 radical (unpaired) electrons. The summed E-state index contributed by atoms with van der Waals surface area (Å²) in [4.78, 5) is 0. The maximum atomic E-state index is 12.4. The number of aryl methyl sites for hydroxylation is 2. The standard InChI is InChI=1S/C8H6F2O2.C8H10O.CH4/c1-5-2-3-6-7(4-5)12-8(9,10)11-6;1-7-3-5-8(9-2)6-4-7;/h2-4H,1H3;3-6H,1-2H3;1H4. The molecule has 0 amide bonds. The summed E-state index contributed by atoms with van der Waals surface area (Å²) >= 11 is 0. The molecular weight excluding hydrogens is 290 g/mol. The van der Waals surface area contributed by atoms with Crippen LogP contribution in [0, 0.1) is 13.8 Å². The van der Waals surface area contributed by atoms with E-state index in [9.17, 15) is 8.78 Å². The summed E-state index contributed by atoms with van der Waals surface area (Å²) in [5.74, 6) is 1.10. The molecule has 0 bridgehead atoms. The maximum Gasteiger partial charge on any atom is 0.586 e. The van der Waals surface area contributed by atoms with Gasteiger partial charge in [-0.25, -0.2) is 0 Å². The summed E-state index contributed by atoms with van der Waals surface area (Å²) in [6.07, 6.45) is -3.50. The summed E-state index contributed by atoms with van der Waals surface area (Å²) in [6.45, 7) is 3.85. The van der Waals surface area contributed by atoms with Gasteiger partial charge in [-0.15, -0.1) is 8.78 Å². The zero-order chi connectivity index (χ0) is 15.5. The quantitative estimate of drug-likeness (QED) is 0.745. The summed E-state index contributed by atoms with van der Waals surface area (Å²) in [7, 11) is 1.67. The Morgan fingerprint density at radius 2 is 1.41 bits per heavy atom. The van der Waals surface area contributed by atoms with Crippen molar-refractivity contribution < 1.29 is 23.0 Å². The SMILES string of the molecule is C.COc1ccc(C)cc1.Cc1ccc2c(c1)OC(F)(F)O2. The fourth-order valence-electron chi connectivity index (χ4n) is 1.73. The van der Waals surface area contributed by atoms with E-state index in [2.05, 4.69) is 16.4 Å². The van der Waals surface area contributed by atoms with Crippen molar-refractivity contribution in [3.63, 3.8) is 0 Å². The molecule has 0 unspecified atom stereocenters. The summed E-state index contributed by atoms with van der Waals surface area (Å²) in [5.41, 5.74) is 2.12. The molecule has 1 aliphatic rings.